The Kier molecular flexibility index (Phi) is 14.6. The largest absolute Gasteiger partial charge is 0.0642 e. The molecule has 0 N–H and O–H groups in total. The number of hydrogen-bond donors (Lipinski definition) is 0. The lowest BCUT2D eigenvalue weighted by atomic mass is 9.65. The first-order valence-corrected chi connectivity index (χ1v) is 40.7. The smallest absolute Gasteiger partial charge is 0.0216 e. The van der Waals surface area contributed by atoms with Crippen molar-refractivity contribution in [3.05, 3.63) is 361 Å². The van der Waals surface area contributed by atoms with Crippen LogP contribution in [0, 0.1) is 0 Å². The molecule has 0 heterocycles. The van der Waals surface area contributed by atoms with E-state index in [-0.39, 0.29) is 16.2 Å². The van der Waals surface area contributed by atoms with Gasteiger partial charge in [0, 0.05) is 16.2 Å². The molecule has 528 valence electrons. The van der Waals surface area contributed by atoms with Gasteiger partial charge in [-0.1, -0.05) is 333 Å². The lowest BCUT2D eigenvalue weighted by molar-refractivity contribution is 0.473. The Morgan fingerprint density at radius 3 is 0.532 bits per heavy atom. The Balaban J connectivity index is 0.855. The van der Waals surface area contributed by atoms with Crippen LogP contribution >= 0.6 is 0 Å². The van der Waals surface area contributed by atoms with Crippen LogP contribution in [0.25, 0.3) is 197 Å². The first-order valence-electron chi connectivity index (χ1n) is 40.7. The Morgan fingerprint density at radius 1 is 0.162 bits per heavy atom. The summed E-state index contributed by atoms with van der Waals surface area (Å²) >= 11 is 0. The van der Waals surface area contributed by atoms with Crippen LogP contribution in [0.15, 0.2) is 328 Å². The molecule has 0 radical (unpaired) electrons. The highest BCUT2D eigenvalue weighted by Gasteiger charge is 2.57. The zero-order valence-corrected chi connectivity index (χ0v) is 63.9. The van der Waals surface area contributed by atoms with Gasteiger partial charge in [-0.15, -0.1) is 0 Å². The monoisotopic (exact) mass is 1420 g/mol. The molecule has 0 spiro atoms. The summed E-state index contributed by atoms with van der Waals surface area (Å²) in [6.07, 6.45) is 5.77. The summed E-state index contributed by atoms with van der Waals surface area (Å²) in [6, 6.07) is 127. The Hall–Kier alpha value is -12.5. The van der Waals surface area contributed by atoms with E-state index >= 15 is 0 Å². The molecule has 0 amide bonds. The standard InChI is InChI=1S/C111H84/c1-7-109(8-2)94-58-55-76(100-85-43-25-19-37-79(85)97(80-38-20-26-44-86(80)100)73-52-49-67-31-13-16-34-70(67)61-73)64-91(94)103-106(109)104-92-65-77(101-87-45-27-21-39-81(87)98(82-40-22-28-46-88(82)101)74-53-50-68-32-14-17-35-71(68)62-74)56-59-95(92)110(9-3,10-4)108(104)105-93-66-78(57-60-96(93)111(11-5,12-6)107(103)105)102-89-47-29-23-41-83(89)99(84-42-24-30-48-90(84)102)75-54-51-69-33-15-18-36-72(69)63-75/h13-66H,7-12H2,1-6H3. The summed E-state index contributed by atoms with van der Waals surface area (Å²) in [5.74, 6) is 0. The van der Waals surface area contributed by atoms with Gasteiger partial charge in [0.1, 0.15) is 0 Å². The average molecular weight is 1420 g/mol. The van der Waals surface area contributed by atoms with Crippen LogP contribution in [0.1, 0.15) is 113 Å². The molecule has 0 aromatic heterocycles. The van der Waals surface area contributed by atoms with Gasteiger partial charge in [-0.3, -0.25) is 0 Å². The van der Waals surface area contributed by atoms with Crippen LogP contribution in [0.3, 0.4) is 0 Å². The molecule has 0 aliphatic heterocycles. The third-order valence-corrected chi connectivity index (χ3v) is 27.7. The van der Waals surface area contributed by atoms with Crippen molar-refractivity contribution in [3.8, 4) is 100 Å². The van der Waals surface area contributed by atoms with E-state index in [1.807, 2.05) is 0 Å². The van der Waals surface area contributed by atoms with Gasteiger partial charge >= 0.3 is 0 Å². The first-order chi connectivity index (χ1) is 54.7. The van der Waals surface area contributed by atoms with E-state index in [4.69, 9.17) is 0 Å². The Labute approximate surface area is 650 Å². The number of rotatable bonds is 12. The molecule has 0 nitrogen and oxygen atoms in total. The van der Waals surface area contributed by atoms with E-state index in [1.54, 1.807) is 16.7 Å². The van der Waals surface area contributed by atoms with Gasteiger partial charge in [0.05, 0.1) is 0 Å². The van der Waals surface area contributed by atoms with E-state index in [0.29, 0.717) is 0 Å². The van der Waals surface area contributed by atoms with E-state index in [1.165, 1.54) is 214 Å². The van der Waals surface area contributed by atoms with Crippen LogP contribution in [0.4, 0.5) is 0 Å². The third-order valence-electron chi connectivity index (χ3n) is 27.7. The topological polar surface area (TPSA) is 0 Å². The first kappa shape index (κ1) is 65.6. The summed E-state index contributed by atoms with van der Waals surface area (Å²) in [7, 11) is 0. The van der Waals surface area contributed by atoms with E-state index in [0.717, 1.165) is 38.5 Å². The molecular weight excluding hydrogens is 1330 g/mol. The molecule has 3 aliphatic rings. The van der Waals surface area contributed by atoms with E-state index in [2.05, 4.69) is 369 Å². The normalized spacial score (nSPS) is 14.1. The highest BCUT2D eigenvalue weighted by atomic mass is 14.6. The van der Waals surface area contributed by atoms with Gasteiger partial charge in [0.2, 0.25) is 0 Å². The molecule has 0 saturated heterocycles. The minimum Gasteiger partial charge on any atom is -0.0642 e. The van der Waals surface area contributed by atoms with Gasteiger partial charge in [0.25, 0.3) is 0 Å². The zero-order chi connectivity index (χ0) is 74.2. The fraction of sp³-hybridized carbons (Fsp3) is 0.135. The van der Waals surface area contributed by atoms with Crippen LogP contribution in [0.5, 0.6) is 0 Å². The fourth-order valence-electron chi connectivity index (χ4n) is 22.6. The van der Waals surface area contributed by atoms with Crippen LogP contribution < -0.4 is 0 Å². The van der Waals surface area contributed by atoms with Gasteiger partial charge in [0.15, 0.2) is 0 Å². The Morgan fingerprint density at radius 2 is 0.333 bits per heavy atom. The van der Waals surface area contributed by atoms with E-state index < -0.39 is 0 Å². The second-order valence-corrected chi connectivity index (χ2v) is 32.1. The maximum absolute atomic E-state index is 2.71. The zero-order valence-electron chi connectivity index (χ0n) is 63.9. The second kappa shape index (κ2) is 24.8. The minimum absolute atomic E-state index is 0.324. The predicted molar refractivity (Wildman–Crippen MR) is 477 cm³/mol. The molecule has 19 aromatic rings. The molecule has 111 heavy (non-hydrogen) atoms. The molecule has 0 bridgehead atoms. The summed E-state index contributed by atoms with van der Waals surface area (Å²) in [4.78, 5) is 0. The van der Waals surface area contributed by atoms with Crippen molar-refractivity contribution in [2.24, 2.45) is 0 Å². The van der Waals surface area contributed by atoms with Crippen molar-refractivity contribution in [2.45, 2.75) is 96.3 Å². The number of hydrogen-bond acceptors (Lipinski definition) is 0. The number of benzene rings is 19. The molecule has 0 fully saturated rings. The molecular formula is C111H84. The quantitative estimate of drug-likeness (QED) is 0.107. The highest BCUT2D eigenvalue weighted by Crippen LogP contribution is 2.71. The fourth-order valence-corrected chi connectivity index (χ4v) is 22.6. The van der Waals surface area contributed by atoms with Crippen molar-refractivity contribution >= 4 is 97.0 Å². The molecule has 22 rings (SSSR count). The molecule has 0 unspecified atom stereocenters. The molecule has 0 saturated carbocycles. The van der Waals surface area contributed by atoms with Crippen molar-refractivity contribution in [3.63, 3.8) is 0 Å². The number of fused-ring (bicyclic) bond motifs is 21. The van der Waals surface area contributed by atoms with Crippen molar-refractivity contribution in [2.75, 3.05) is 0 Å². The van der Waals surface area contributed by atoms with Gasteiger partial charge < -0.3 is 0 Å². The second-order valence-electron chi connectivity index (χ2n) is 32.1. The predicted octanol–water partition coefficient (Wildman–Crippen LogP) is 31.3. The SMILES string of the molecule is CCC1(CC)c2ccc(-c3c4ccccc4c(-c4ccc5ccccc5c4)c4ccccc34)cc2-c2c1c1c(c3c2C(CC)(CC)c2ccc(-c4c5ccccc5c(-c5ccc6ccccc6c5)c5ccccc45)cc2-3)C(CC)(CC)c2ccc(-c3c4ccccc4c(-c4ccc5ccccc5c4)c4ccccc34)cc2-1. The lowest BCUT2D eigenvalue weighted by Gasteiger charge is -2.37. The molecule has 0 heteroatoms. The average Bonchev–Trinajstić information content (AvgIpc) is 1.48. The van der Waals surface area contributed by atoms with Gasteiger partial charge in [-0.25, -0.2) is 0 Å². The van der Waals surface area contributed by atoms with Crippen molar-refractivity contribution in [1.82, 2.24) is 0 Å². The highest BCUT2D eigenvalue weighted by molar-refractivity contribution is 6.26. The third kappa shape index (κ3) is 8.99. The summed E-state index contributed by atoms with van der Waals surface area (Å²) in [5.41, 5.74) is 32.0. The molecule has 19 aromatic carbocycles. The van der Waals surface area contributed by atoms with Gasteiger partial charge in [-0.05, 0) is 305 Å². The van der Waals surface area contributed by atoms with Crippen molar-refractivity contribution in [1.29, 1.82) is 0 Å². The lowest BCUT2D eigenvalue weighted by Crippen LogP contribution is -2.29. The maximum Gasteiger partial charge on any atom is 0.0216 e. The minimum atomic E-state index is -0.324. The summed E-state index contributed by atoms with van der Waals surface area (Å²) in [5, 5.41) is 22.8. The summed E-state index contributed by atoms with van der Waals surface area (Å²) in [6.45, 7) is 15.1. The maximum atomic E-state index is 2.71. The van der Waals surface area contributed by atoms with Crippen molar-refractivity contribution < 1.29 is 0 Å². The van der Waals surface area contributed by atoms with Crippen LogP contribution in [0.2, 0.25) is 0 Å². The van der Waals surface area contributed by atoms with E-state index in [9.17, 15) is 0 Å². The molecule has 0 atom stereocenters. The van der Waals surface area contributed by atoms with Gasteiger partial charge in [-0.2, -0.15) is 0 Å². The Bertz CT molecular complexity index is 6340. The summed E-state index contributed by atoms with van der Waals surface area (Å²) < 4.78 is 0. The van der Waals surface area contributed by atoms with Crippen LogP contribution in [-0.4, -0.2) is 0 Å². The molecule has 3 aliphatic carbocycles. The van der Waals surface area contributed by atoms with Crippen LogP contribution in [-0.2, 0) is 16.2 Å².